The van der Waals surface area contributed by atoms with E-state index in [9.17, 15) is 4.79 Å². The fourth-order valence-corrected chi connectivity index (χ4v) is 2.44. The average Bonchev–Trinajstić information content (AvgIpc) is 2.40. The van der Waals surface area contributed by atoms with Crippen molar-refractivity contribution in [1.82, 2.24) is 15.3 Å². The van der Waals surface area contributed by atoms with Crippen molar-refractivity contribution in [3.05, 3.63) is 18.1 Å². The summed E-state index contributed by atoms with van der Waals surface area (Å²) in [5.74, 6) is 0.134. The maximum absolute atomic E-state index is 11.9. The van der Waals surface area contributed by atoms with Crippen molar-refractivity contribution >= 4 is 17.7 Å². The Labute approximate surface area is 106 Å². The summed E-state index contributed by atoms with van der Waals surface area (Å²) >= 11 is 1.52. The van der Waals surface area contributed by atoms with Gasteiger partial charge in [-0.2, -0.15) is 0 Å². The molecule has 0 aromatic carbocycles. The maximum atomic E-state index is 11.9. The molecule has 0 atom stereocenters. The van der Waals surface area contributed by atoms with Gasteiger partial charge in [-0.05, 0) is 25.2 Å². The summed E-state index contributed by atoms with van der Waals surface area (Å²) in [6.07, 6.45) is 9.42. The molecule has 1 aliphatic rings. The van der Waals surface area contributed by atoms with Crippen LogP contribution >= 0.6 is 11.8 Å². The van der Waals surface area contributed by atoms with Gasteiger partial charge >= 0.3 is 0 Å². The van der Waals surface area contributed by atoms with Crippen molar-refractivity contribution in [2.75, 3.05) is 6.26 Å². The third-order valence-corrected chi connectivity index (χ3v) is 3.63. The molecule has 1 saturated carbocycles. The zero-order valence-electron chi connectivity index (χ0n) is 9.98. The number of aromatic nitrogens is 2. The van der Waals surface area contributed by atoms with Crippen LogP contribution in [0.15, 0.2) is 17.3 Å². The van der Waals surface area contributed by atoms with Gasteiger partial charge in [-0.3, -0.25) is 4.79 Å². The molecule has 1 aromatic rings. The second kappa shape index (κ2) is 6.00. The molecule has 0 unspecified atom stereocenters. The van der Waals surface area contributed by atoms with Gasteiger partial charge in [0.05, 0.1) is 5.03 Å². The van der Waals surface area contributed by atoms with Gasteiger partial charge in [0.2, 0.25) is 5.82 Å². The molecule has 0 saturated heterocycles. The van der Waals surface area contributed by atoms with Gasteiger partial charge in [0, 0.05) is 12.2 Å². The van der Waals surface area contributed by atoms with Gasteiger partial charge in [-0.25, -0.2) is 9.97 Å². The molecule has 17 heavy (non-hydrogen) atoms. The van der Waals surface area contributed by atoms with Crippen LogP contribution in [-0.2, 0) is 0 Å². The zero-order valence-corrected chi connectivity index (χ0v) is 10.8. The van der Waals surface area contributed by atoms with Crippen LogP contribution in [0.3, 0.4) is 0 Å². The SMILES string of the molecule is CSc1ccnc(C(=O)NC2CCCCC2)n1. The van der Waals surface area contributed by atoms with Crippen LogP contribution in [0.2, 0.25) is 0 Å². The van der Waals surface area contributed by atoms with Crippen LogP contribution in [0.1, 0.15) is 42.7 Å². The van der Waals surface area contributed by atoms with Gasteiger partial charge in [-0.1, -0.05) is 19.3 Å². The molecular formula is C12H17N3OS. The third kappa shape index (κ3) is 3.43. The van der Waals surface area contributed by atoms with Gasteiger partial charge in [0.25, 0.3) is 5.91 Å². The Morgan fingerprint density at radius 1 is 1.41 bits per heavy atom. The van der Waals surface area contributed by atoms with Gasteiger partial charge in [0.15, 0.2) is 0 Å². The first-order valence-electron chi connectivity index (χ1n) is 5.97. The monoisotopic (exact) mass is 251 g/mol. The molecule has 1 heterocycles. The molecule has 1 aliphatic carbocycles. The summed E-state index contributed by atoms with van der Waals surface area (Å²) in [5, 5.41) is 3.84. The van der Waals surface area contributed by atoms with Crippen LogP contribution in [0.5, 0.6) is 0 Å². The number of nitrogens with one attached hydrogen (secondary N) is 1. The highest BCUT2D eigenvalue weighted by atomic mass is 32.2. The lowest BCUT2D eigenvalue weighted by Crippen LogP contribution is -2.37. The Hall–Kier alpha value is -1.10. The lowest BCUT2D eigenvalue weighted by molar-refractivity contribution is 0.0916. The number of amides is 1. The van der Waals surface area contributed by atoms with E-state index in [1.54, 1.807) is 6.20 Å². The van der Waals surface area contributed by atoms with Crippen molar-refractivity contribution in [2.24, 2.45) is 0 Å². The number of hydrogen-bond acceptors (Lipinski definition) is 4. The van der Waals surface area contributed by atoms with Crippen LogP contribution < -0.4 is 5.32 Å². The van der Waals surface area contributed by atoms with E-state index >= 15 is 0 Å². The average molecular weight is 251 g/mol. The quantitative estimate of drug-likeness (QED) is 0.661. The number of carbonyl (C=O) groups excluding carboxylic acids is 1. The van der Waals surface area contributed by atoms with E-state index in [0.29, 0.717) is 6.04 Å². The predicted octanol–water partition coefficient (Wildman–Crippen LogP) is 2.26. The van der Waals surface area contributed by atoms with Gasteiger partial charge in [-0.15, -0.1) is 11.8 Å². The van der Waals surface area contributed by atoms with Crippen molar-refractivity contribution in [3.63, 3.8) is 0 Å². The molecule has 0 radical (unpaired) electrons. The normalized spacial score (nSPS) is 16.8. The molecule has 4 nitrogen and oxygen atoms in total. The molecule has 5 heteroatoms. The molecule has 1 amide bonds. The first kappa shape index (κ1) is 12.4. The number of rotatable bonds is 3. The molecule has 92 valence electrons. The predicted molar refractivity (Wildman–Crippen MR) is 68.2 cm³/mol. The molecule has 2 rings (SSSR count). The molecule has 1 fully saturated rings. The lowest BCUT2D eigenvalue weighted by Gasteiger charge is -2.22. The fraction of sp³-hybridized carbons (Fsp3) is 0.583. The molecule has 1 N–H and O–H groups in total. The van der Waals surface area contributed by atoms with Crippen molar-refractivity contribution in [3.8, 4) is 0 Å². The van der Waals surface area contributed by atoms with Crippen molar-refractivity contribution in [2.45, 2.75) is 43.2 Å². The zero-order chi connectivity index (χ0) is 12.1. The highest BCUT2D eigenvalue weighted by molar-refractivity contribution is 7.98. The maximum Gasteiger partial charge on any atom is 0.289 e. The van der Waals surface area contributed by atoms with Crippen LogP contribution in [0.4, 0.5) is 0 Å². The molecule has 0 aliphatic heterocycles. The van der Waals surface area contributed by atoms with E-state index in [1.165, 1.54) is 31.0 Å². The third-order valence-electron chi connectivity index (χ3n) is 2.98. The second-order valence-electron chi connectivity index (χ2n) is 4.23. The largest absolute Gasteiger partial charge is 0.347 e. The van der Waals surface area contributed by atoms with E-state index < -0.39 is 0 Å². The number of hydrogen-bond donors (Lipinski definition) is 1. The molecule has 0 bridgehead atoms. The Morgan fingerprint density at radius 2 is 2.18 bits per heavy atom. The summed E-state index contributed by atoms with van der Waals surface area (Å²) in [6.45, 7) is 0. The van der Waals surface area contributed by atoms with E-state index in [0.717, 1.165) is 17.9 Å². The second-order valence-corrected chi connectivity index (χ2v) is 5.06. The number of carbonyl (C=O) groups is 1. The highest BCUT2D eigenvalue weighted by Crippen LogP contribution is 2.17. The van der Waals surface area contributed by atoms with Gasteiger partial charge < -0.3 is 5.32 Å². The summed E-state index contributed by atoms with van der Waals surface area (Å²) in [7, 11) is 0. The standard InChI is InChI=1S/C12H17N3OS/c1-17-10-7-8-13-11(15-10)12(16)14-9-5-3-2-4-6-9/h7-9H,2-6H2,1H3,(H,14,16). The highest BCUT2D eigenvalue weighted by Gasteiger charge is 2.18. The van der Waals surface area contributed by atoms with E-state index in [1.807, 2.05) is 12.3 Å². The summed E-state index contributed by atoms with van der Waals surface area (Å²) in [6, 6.07) is 2.11. The Kier molecular flexibility index (Phi) is 4.36. The van der Waals surface area contributed by atoms with Crippen LogP contribution in [0, 0.1) is 0 Å². The van der Waals surface area contributed by atoms with Crippen LogP contribution in [0.25, 0.3) is 0 Å². The Morgan fingerprint density at radius 3 is 2.88 bits per heavy atom. The molecule has 0 spiro atoms. The summed E-state index contributed by atoms with van der Waals surface area (Å²) in [4.78, 5) is 20.1. The van der Waals surface area contributed by atoms with Crippen molar-refractivity contribution < 1.29 is 4.79 Å². The smallest absolute Gasteiger partial charge is 0.289 e. The minimum absolute atomic E-state index is 0.146. The van der Waals surface area contributed by atoms with Crippen LogP contribution in [-0.4, -0.2) is 28.2 Å². The topological polar surface area (TPSA) is 54.9 Å². The van der Waals surface area contributed by atoms with E-state index in [4.69, 9.17) is 0 Å². The summed E-state index contributed by atoms with van der Waals surface area (Å²) < 4.78 is 0. The first-order valence-corrected chi connectivity index (χ1v) is 7.20. The van der Waals surface area contributed by atoms with E-state index in [-0.39, 0.29) is 11.7 Å². The van der Waals surface area contributed by atoms with E-state index in [2.05, 4.69) is 15.3 Å². The number of nitrogens with zero attached hydrogens (tertiary/aromatic N) is 2. The minimum atomic E-state index is -0.146. The number of thioether (sulfide) groups is 1. The molecular weight excluding hydrogens is 234 g/mol. The molecule has 1 aromatic heterocycles. The summed E-state index contributed by atoms with van der Waals surface area (Å²) in [5.41, 5.74) is 0. The lowest BCUT2D eigenvalue weighted by atomic mass is 9.95. The Bertz CT molecular complexity index is 391. The van der Waals surface area contributed by atoms with Crippen molar-refractivity contribution in [1.29, 1.82) is 0 Å². The van der Waals surface area contributed by atoms with Gasteiger partial charge in [0.1, 0.15) is 0 Å². The fourth-order valence-electron chi connectivity index (χ4n) is 2.06. The minimum Gasteiger partial charge on any atom is -0.347 e. The first-order chi connectivity index (χ1) is 8.29. The Balaban J connectivity index is 1.98.